The second kappa shape index (κ2) is 4.37. The Morgan fingerprint density at radius 3 is 3.24 bits per heavy atom. The van der Waals surface area contributed by atoms with Crippen LogP contribution >= 0.6 is 0 Å². The molecule has 110 valence electrons. The Morgan fingerprint density at radius 2 is 2.38 bits per heavy atom. The molecule has 1 saturated carbocycles. The molecule has 2 unspecified atom stereocenters. The Morgan fingerprint density at radius 1 is 1.48 bits per heavy atom. The Balaban J connectivity index is 1.67. The van der Waals surface area contributed by atoms with E-state index < -0.39 is 0 Å². The lowest BCUT2D eigenvalue weighted by Crippen LogP contribution is -2.37. The van der Waals surface area contributed by atoms with Crippen molar-refractivity contribution in [2.45, 2.75) is 19.3 Å². The number of aromatic nitrogens is 5. The molecule has 0 amide bonds. The zero-order valence-electron chi connectivity index (χ0n) is 11.8. The van der Waals surface area contributed by atoms with Crippen molar-refractivity contribution in [1.82, 2.24) is 25.3 Å². The maximum Gasteiger partial charge on any atom is 0.313 e. The summed E-state index contributed by atoms with van der Waals surface area (Å²) in [5.41, 5.74) is 0.243. The van der Waals surface area contributed by atoms with Crippen LogP contribution in [-0.4, -0.2) is 51.4 Å². The van der Waals surface area contributed by atoms with E-state index in [-0.39, 0.29) is 11.4 Å². The molecule has 0 radical (unpaired) electrons. The van der Waals surface area contributed by atoms with Gasteiger partial charge in [0.1, 0.15) is 0 Å². The first-order valence-electron chi connectivity index (χ1n) is 7.12. The molecular weight excluding hydrogens is 272 g/mol. The summed E-state index contributed by atoms with van der Waals surface area (Å²) in [6, 6.07) is 3.74. The molecule has 8 nitrogen and oxygen atoms in total. The lowest BCUT2D eigenvalue weighted by Gasteiger charge is -2.25. The predicted molar refractivity (Wildman–Crippen MR) is 72.6 cm³/mol. The highest BCUT2D eigenvalue weighted by Gasteiger charge is 2.55. The van der Waals surface area contributed by atoms with Crippen LogP contribution in [0.5, 0.6) is 0 Å². The Bertz CT molecular complexity index is 701. The van der Waals surface area contributed by atoms with Crippen LogP contribution in [0.25, 0.3) is 5.65 Å². The standard InChI is InChI=1S/C13H16N6O2/c1-21-12(20)13-6-2-3-9(13)7-18(8-13)11-5-4-10-14-16-17-19(10)15-11/h4-5,9H,2-3,6-8H2,1H3. The molecule has 1 aliphatic heterocycles. The fourth-order valence-corrected chi connectivity index (χ4v) is 3.81. The van der Waals surface area contributed by atoms with Gasteiger partial charge in [0, 0.05) is 13.1 Å². The third-order valence-electron chi connectivity index (χ3n) is 4.84. The summed E-state index contributed by atoms with van der Waals surface area (Å²) in [6.07, 6.45) is 3.06. The van der Waals surface area contributed by atoms with Gasteiger partial charge in [-0.2, -0.15) is 0 Å². The molecule has 2 atom stereocenters. The van der Waals surface area contributed by atoms with E-state index in [1.807, 2.05) is 12.1 Å². The average Bonchev–Trinajstić information content (AvgIpc) is 3.18. The van der Waals surface area contributed by atoms with Gasteiger partial charge in [-0.15, -0.1) is 14.8 Å². The molecule has 2 aromatic rings. The van der Waals surface area contributed by atoms with Crippen LogP contribution in [0.2, 0.25) is 0 Å². The number of ether oxygens (including phenoxy) is 1. The molecule has 0 spiro atoms. The van der Waals surface area contributed by atoms with Crippen LogP contribution in [0.4, 0.5) is 5.82 Å². The fraction of sp³-hybridized carbons (Fsp3) is 0.615. The maximum atomic E-state index is 12.3. The Hall–Kier alpha value is -2.25. The minimum atomic E-state index is -0.369. The van der Waals surface area contributed by atoms with Gasteiger partial charge in [-0.3, -0.25) is 4.79 Å². The number of hydrogen-bond acceptors (Lipinski definition) is 7. The van der Waals surface area contributed by atoms with E-state index in [1.54, 1.807) is 0 Å². The zero-order chi connectivity index (χ0) is 14.4. The van der Waals surface area contributed by atoms with Gasteiger partial charge in [0.15, 0.2) is 11.5 Å². The molecule has 2 aromatic heterocycles. The van der Waals surface area contributed by atoms with Gasteiger partial charge < -0.3 is 9.64 Å². The Kier molecular flexibility index (Phi) is 2.60. The number of methoxy groups -OCH3 is 1. The molecule has 4 rings (SSSR count). The lowest BCUT2D eigenvalue weighted by molar-refractivity contribution is -0.152. The van der Waals surface area contributed by atoms with E-state index in [1.165, 1.54) is 11.7 Å². The van der Waals surface area contributed by atoms with Gasteiger partial charge in [0.2, 0.25) is 0 Å². The number of nitrogens with zero attached hydrogens (tertiary/aromatic N) is 6. The summed E-state index contributed by atoms with van der Waals surface area (Å²) in [4.78, 5) is 14.4. The van der Waals surface area contributed by atoms with Gasteiger partial charge in [-0.1, -0.05) is 6.42 Å². The monoisotopic (exact) mass is 288 g/mol. The van der Waals surface area contributed by atoms with E-state index in [4.69, 9.17) is 4.74 Å². The van der Waals surface area contributed by atoms with Crippen molar-refractivity contribution in [3.8, 4) is 0 Å². The first kappa shape index (κ1) is 12.5. The lowest BCUT2D eigenvalue weighted by atomic mass is 9.81. The highest BCUT2D eigenvalue weighted by Crippen LogP contribution is 2.50. The van der Waals surface area contributed by atoms with Crippen molar-refractivity contribution in [3.63, 3.8) is 0 Å². The molecular formula is C13H16N6O2. The van der Waals surface area contributed by atoms with Crippen LogP contribution in [-0.2, 0) is 9.53 Å². The first-order valence-corrected chi connectivity index (χ1v) is 7.12. The van der Waals surface area contributed by atoms with Crippen molar-refractivity contribution in [2.75, 3.05) is 25.1 Å². The van der Waals surface area contributed by atoms with E-state index in [9.17, 15) is 4.79 Å². The van der Waals surface area contributed by atoms with E-state index in [0.29, 0.717) is 18.1 Å². The average molecular weight is 288 g/mol. The highest BCUT2D eigenvalue weighted by atomic mass is 16.5. The second-order valence-electron chi connectivity index (χ2n) is 5.84. The third-order valence-corrected chi connectivity index (χ3v) is 4.84. The van der Waals surface area contributed by atoms with Gasteiger partial charge >= 0.3 is 5.97 Å². The van der Waals surface area contributed by atoms with E-state index >= 15 is 0 Å². The Labute approximate surface area is 121 Å². The van der Waals surface area contributed by atoms with Gasteiger partial charge in [0.25, 0.3) is 0 Å². The van der Waals surface area contributed by atoms with Gasteiger partial charge in [-0.05, 0) is 41.3 Å². The summed E-state index contributed by atoms with van der Waals surface area (Å²) >= 11 is 0. The van der Waals surface area contributed by atoms with Crippen molar-refractivity contribution in [3.05, 3.63) is 12.1 Å². The van der Waals surface area contributed by atoms with E-state index in [0.717, 1.165) is 31.6 Å². The number of anilines is 1. The smallest absolute Gasteiger partial charge is 0.313 e. The largest absolute Gasteiger partial charge is 0.469 e. The normalized spacial score (nSPS) is 28.0. The molecule has 21 heavy (non-hydrogen) atoms. The van der Waals surface area contributed by atoms with Crippen LogP contribution in [0, 0.1) is 11.3 Å². The summed E-state index contributed by atoms with van der Waals surface area (Å²) in [6.45, 7) is 1.49. The van der Waals surface area contributed by atoms with Crippen molar-refractivity contribution in [2.24, 2.45) is 11.3 Å². The van der Waals surface area contributed by atoms with Crippen LogP contribution in [0.15, 0.2) is 12.1 Å². The summed E-state index contributed by atoms with van der Waals surface area (Å²) in [5, 5.41) is 15.7. The van der Waals surface area contributed by atoms with Gasteiger partial charge in [0.05, 0.1) is 12.5 Å². The number of esters is 1. The molecule has 8 heteroatoms. The van der Waals surface area contributed by atoms with Crippen molar-refractivity contribution in [1.29, 1.82) is 0 Å². The molecule has 1 saturated heterocycles. The molecule has 0 bridgehead atoms. The minimum Gasteiger partial charge on any atom is -0.469 e. The van der Waals surface area contributed by atoms with Crippen molar-refractivity contribution < 1.29 is 9.53 Å². The number of carbonyl (C=O) groups excluding carboxylic acids is 1. The summed E-state index contributed by atoms with van der Waals surface area (Å²) < 4.78 is 6.47. The van der Waals surface area contributed by atoms with Crippen LogP contribution in [0.1, 0.15) is 19.3 Å². The highest BCUT2D eigenvalue weighted by molar-refractivity contribution is 5.79. The molecule has 2 aliphatic rings. The first-order chi connectivity index (χ1) is 10.2. The number of carbonyl (C=O) groups is 1. The quantitative estimate of drug-likeness (QED) is 0.734. The van der Waals surface area contributed by atoms with Crippen LogP contribution in [0.3, 0.4) is 0 Å². The molecule has 0 aromatic carbocycles. The number of fused-ring (bicyclic) bond motifs is 2. The minimum absolute atomic E-state index is 0.0870. The molecule has 3 heterocycles. The second-order valence-corrected chi connectivity index (χ2v) is 5.84. The molecule has 0 N–H and O–H groups in total. The maximum absolute atomic E-state index is 12.3. The fourth-order valence-electron chi connectivity index (χ4n) is 3.81. The van der Waals surface area contributed by atoms with Gasteiger partial charge in [-0.25, -0.2) is 0 Å². The molecule has 2 fully saturated rings. The number of hydrogen-bond donors (Lipinski definition) is 0. The zero-order valence-corrected chi connectivity index (χ0v) is 11.8. The number of tetrazole rings is 1. The summed E-state index contributed by atoms with van der Waals surface area (Å²) in [5.74, 6) is 1.06. The van der Waals surface area contributed by atoms with Crippen molar-refractivity contribution >= 4 is 17.4 Å². The van der Waals surface area contributed by atoms with Crippen LogP contribution < -0.4 is 4.90 Å². The number of rotatable bonds is 2. The molecule has 1 aliphatic carbocycles. The topological polar surface area (TPSA) is 85.5 Å². The summed E-state index contributed by atoms with van der Waals surface area (Å²) in [7, 11) is 1.47. The predicted octanol–water partition coefficient (Wildman–Crippen LogP) is 0.299. The van der Waals surface area contributed by atoms with E-state index in [2.05, 4.69) is 25.5 Å². The SMILES string of the molecule is COC(=O)C12CCCC1CN(c1ccc3nnnn3n1)C2. The third kappa shape index (κ3) is 1.71.